The summed E-state index contributed by atoms with van der Waals surface area (Å²) < 4.78 is 44.4. The van der Waals surface area contributed by atoms with Crippen molar-refractivity contribution in [3.63, 3.8) is 0 Å². The maximum Gasteiger partial charge on any atom is 0.573 e. The highest BCUT2D eigenvalue weighted by Gasteiger charge is 2.45. The van der Waals surface area contributed by atoms with E-state index in [-0.39, 0.29) is 53.3 Å². The van der Waals surface area contributed by atoms with Crippen molar-refractivity contribution in [1.29, 1.82) is 5.26 Å². The molecule has 2 aromatic heterocycles. The predicted molar refractivity (Wildman–Crippen MR) is 223 cm³/mol. The van der Waals surface area contributed by atoms with Crippen LogP contribution < -0.4 is 31.3 Å². The maximum absolute atomic E-state index is 13.3. The lowest BCUT2D eigenvalue weighted by Gasteiger charge is -2.29. The first-order chi connectivity index (χ1) is 30.5. The highest BCUT2D eigenvalue weighted by Crippen LogP contribution is 2.33. The molecule has 0 bridgehead atoms. The van der Waals surface area contributed by atoms with Gasteiger partial charge in [0.15, 0.2) is 0 Å². The Kier molecular flexibility index (Phi) is 14.5. The quantitative estimate of drug-likeness (QED) is 0.0560. The van der Waals surface area contributed by atoms with Crippen LogP contribution in [0.25, 0.3) is 0 Å². The molecule has 0 radical (unpaired) electrons. The summed E-state index contributed by atoms with van der Waals surface area (Å²) >= 11 is 0. The summed E-state index contributed by atoms with van der Waals surface area (Å²) in [6.45, 7) is 2.78. The molecule has 1 saturated heterocycles. The smallest absolute Gasteiger partial charge is 0.405 e. The van der Waals surface area contributed by atoms with Crippen LogP contribution in [0.3, 0.4) is 0 Å². The van der Waals surface area contributed by atoms with Gasteiger partial charge < -0.3 is 26.0 Å². The van der Waals surface area contributed by atoms with Crippen LogP contribution in [0, 0.1) is 17.2 Å². The molecule has 1 aliphatic carbocycles. The second-order valence-electron chi connectivity index (χ2n) is 15.9. The number of amides is 4. The molecule has 17 nitrogen and oxygen atoms in total. The Balaban J connectivity index is 0.750. The highest BCUT2D eigenvalue weighted by molar-refractivity contribution is 6.25. The van der Waals surface area contributed by atoms with Crippen molar-refractivity contribution in [2.45, 2.75) is 102 Å². The van der Waals surface area contributed by atoms with Crippen molar-refractivity contribution in [1.82, 2.24) is 40.5 Å². The number of carbonyl (C=O) groups excluding carboxylic acids is 4. The van der Waals surface area contributed by atoms with Gasteiger partial charge in [0, 0.05) is 62.5 Å². The number of ether oxygens (including phenoxy) is 1. The van der Waals surface area contributed by atoms with Crippen LogP contribution in [0.4, 0.5) is 30.6 Å². The van der Waals surface area contributed by atoms with Gasteiger partial charge in [-0.15, -0.1) is 18.3 Å². The molecule has 4 heterocycles. The first kappa shape index (κ1) is 44.4. The number of piperidine rings is 1. The fraction of sp³-hybridized carbons (Fsp3) is 0.465. The second kappa shape index (κ2) is 20.5. The number of anilines is 3. The number of unbranched alkanes of at least 4 members (excludes halogenated alkanes) is 3. The molecule has 332 valence electrons. The van der Waals surface area contributed by atoms with E-state index in [0.29, 0.717) is 43.0 Å². The molecule has 2 aliphatic heterocycles. The van der Waals surface area contributed by atoms with Crippen LogP contribution in [-0.2, 0) is 29.1 Å². The molecule has 5 N–H and O–H groups in total. The molecule has 4 aromatic rings. The average Bonchev–Trinajstić information content (AvgIpc) is 3.82. The van der Waals surface area contributed by atoms with Gasteiger partial charge in [-0.05, 0) is 75.6 Å². The van der Waals surface area contributed by atoms with Crippen molar-refractivity contribution < 1.29 is 37.1 Å². The van der Waals surface area contributed by atoms with Crippen LogP contribution in [0.2, 0.25) is 0 Å². The van der Waals surface area contributed by atoms with Gasteiger partial charge in [-0.1, -0.05) is 42.3 Å². The van der Waals surface area contributed by atoms with Gasteiger partial charge in [0.1, 0.15) is 29.2 Å². The molecular weight excluding hydrogens is 822 g/mol. The number of nitrogens with zero attached hydrogens (tertiary/aromatic N) is 7. The van der Waals surface area contributed by atoms with E-state index in [1.165, 1.54) is 24.4 Å². The van der Waals surface area contributed by atoms with Gasteiger partial charge in [0.25, 0.3) is 11.8 Å². The molecule has 4 amide bonds. The topological polar surface area (TPSA) is 221 Å². The van der Waals surface area contributed by atoms with E-state index in [1.54, 1.807) is 24.3 Å². The molecule has 7 rings (SSSR count). The maximum atomic E-state index is 13.3. The van der Waals surface area contributed by atoms with Gasteiger partial charge in [-0.25, -0.2) is 4.98 Å². The Hall–Kier alpha value is -6.62. The number of hydrogen-bond donors (Lipinski definition) is 5. The number of nitriles is 1. The van der Waals surface area contributed by atoms with Crippen molar-refractivity contribution in [2.24, 2.45) is 5.92 Å². The van der Waals surface area contributed by atoms with Gasteiger partial charge in [0.2, 0.25) is 17.8 Å². The first-order valence-corrected chi connectivity index (χ1v) is 21.2. The summed E-state index contributed by atoms with van der Waals surface area (Å²) in [6.07, 6.45) is 7.52. The standard InChI is InChI=1S/C43H49F3N12O5/c44-43(45,46)63-35-11-4-3-8-28(35)24-51-42-52-25-29(22-47)38(54-42)50-23-27-12-14-30(15-13-27)48-19-5-1-2-6-21-57-26-31(55-56-57)18-20-49-33-10-7-9-32-37(33)41(62)58(40(32)61)34-16-17-36(59)53-39(34)60/h3-4,7-11,25-27,30,34,48-49H,1-2,5-6,12-21,23-24H2,(H,53,59,60)(H2,50,51,52,54). The number of alkyl halides is 3. The first-order valence-electron chi connectivity index (χ1n) is 21.2. The minimum absolute atomic E-state index is 0.00499. The molecule has 1 unspecified atom stereocenters. The zero-order valence-electron chi connectivity index (χ0n) is 34.5. The highest BCUT2D eigenvalue weighted by atomic mass is 19.4. The van der Waals surface area contributed by atoms with Crippen LogP contribution in [0.5, 0.6) is 5.75 Å². The minimum Gasteiger partial charge on any atom is -0.405 e. The Bertz CT molecular complexity index is 2320. The fourth-order valence-corrected chi connectivity index (χ4v) is 8.15. The van der Waals surface area contributed by atoms with Crippen LogP contribution in [0.15, 0.2) is 54.9 Å². The van der Waals surface area contributed by atoms with E-state index in [0.717, 1.165) is 75.0 Å². The number of halogens is 3. The number of imide groups is 2. The lowest BCUT2D eigenvalue weighted by Crippen LogP contribution is -2.54. The molecule has 1 saturated carbocycles. The van der Waals surface area contributed by atoms with Crippen molar-refractivity contribution in [3.05, 3.63) is 82.8 Å². The monoisotopic (exact) mass is 870 g/mol. The van der Waals surface area contributed by atoms with Crippen molar-refractivity contribution in [2.75, 3.05) is 35.6 Å². The normalized spacial score (nSPS) is 18.8. The van der Waals surface area contributed by atoms with Gasteiger partial charge in [-0.2, -0.15) is 10.2 Å². The van der Waals surface area contributed by atoms with E-state index in [2.05, 4.69) is 57.7 Å². The predicted octanol–water partition coefficient (Wildman–Crippen LogP) is 5.33. The molecule has 3 aliphatic rings. The minimum atomic E-state index is -4.81. The van der Waals surface area contributed by atoms with Crippen LogP contribution in [0.1, 0.15) is 102 Å². The Morgan fingerprint density at radius 3 is 2.51 bits per heavy atom. The molecule has 2 aromatic carbocycles. The van der Waals surface area contributed by atoms with E-state index < -0.39 is 36.0 Å². The third-order valence-electron chi connectivity index (χ3n) is 11.4. The second-order valence-corrected chi connectivity index (χ2v) is 15.9. The largest absolute Gasteiger partial charge is 0.573 e. The number of aryl methyl sites for hydroxylation is 1. The van der Waals surface area contributed by atoms with Crippen molar-refractivity contribution >= 4 is 41.1 Å². The summed E-state index contributed by atoms with van der Waals surface area (Å²) in [7, 11) is 0. The van der Waals surface area contributed by atoms with Crippen LogP contribution >= 0.6 is 0 Å². The Labute approximate surface area is 361 Å². The van der Waals surface area contributed by atoms with Crippen LogP contribution in [-0.4, -0.2) is 91.6 Å². The zero-order chi connectivity index (χ0) is 44.3. The SMILES string of the molecule is N#Cc1cnc(NCc2ccccc2OC(F)(F)F)nc1NCC1CCC(NCCCCCCn2cc(CCNc3cccc4c3C(=O)N(C3CCC(=O)NC3=O)C4=O)nn2)CC1. The molecular formula is C43H49F3N12O5. The number of fused-ring (bicyclic) bond motifs is 1. The molecule has 63 heavy (non-hydrogen) atoms. The van der Waals surface area contributed by atoms with E-state index >= 15 is 0 Å². The Morgan fingerprint density at radius 1 is 0.905 bits per heavy atom. The third kappa shape index (κ3) is 11.7. The zero-order valence-corrected chi connectivity index (χ0v) is 34.5. The summed E-state index contributed by atoms with van der Waals surface area (Å²) in [5.41, 5.74) is 2.30. The lowest BCUT2D eigenvalue weighted by molar-refractivity contribution is -0.274. The summed E-state index contributed by atoms with van der Waals surface area (Å²) in [5.74, 6) is -1.52. The average molecular weight is 871 g/mol. The summed E-state index contributed by atoms with van der Waals surface area (Å²) in [6, 6.07) is 12.3. The Morgan fingerprint density at radius 2 is 1.71 bits per heavy atom. The van der Waals surface area contributed by atoms with Gasteiger partial charge in [-0.3, -0.25) is 34.1 Å². The van der Waals surface area contributed by atoms with E-state index in [9.17, 15) is 37.6 Å². The van der Waals surface area contributed by atoms with Gasteiger partial charge in [0.05, 0.1) is 23.0 Å². The van der Waals surface area contributed by atoms with Crippen molar-refractivity contribution in [3.8, 4) is 11.8 Å². The third-order valence-corrected chi connectivity index (χ3v) is 11.4. The fourth-order valence-electron chi connectivity index (χ4n) is 8.15. The lowest BCUT2D eigenvalue weighted by atomic mass is 9.86. The van der Waals surface area contributed by atoms with Gasteiger partial charge >= 0.3 is 6.36 Å². The number of aromatic nitrogens is 5. The number of hydrogen-bond acceptors (Lipinski definition) is 14. The number of benzene rings is 2. The molecule has 20 heteroatoms. The van der Waals surface area contributed by atoms with E-state index in [4.69, 9.17) is 0 Å². The molecule has 1 atom stereocenters. The number of para-hydroxylation sites is 1. The summed E-state index contributed by atoms with van der Waals surface area (Å²) in [4.78, 5) is 60.0. The molecule has 2 fully saturated rings. The molecule has 0 spiro atoms. The summed E-state index contributed by atoms with van der Waals surface area (Å²) in [5, 5.41) is 33.6. The van der Waals surface area contributed by atoms with E-state index in [1.807, 2.05) is 10.9 Å². The number of rotatable bonds is 20. The number of carbonyl (C=O) groups is 4. The number of nitrogens with one attached hydrogen (secondary N) is 5.